The van der Waals surface area contributed by atoms with Crippen molar-refractivity contribution in [3.63, 3.8) is 0 Å². The summed E-state index contributed by atoms with van der Waals surface area (Å²) < 4.78 is 10.9. The van der Waals surface area contributed by atoms with Crippen LogP contribution in [0.25, 0.3) is 6.08 Å². The molecule has 0 atom stereocenters. The number of amides is 1. The van der Waals surface area contributed by atoms with E-state index in [2.05, 4.69) is 39.2 Å². The molecule has 150 valence electrons. The molecule has 1 N–H and O–H groups in total. The number of hydrogen-bond acceptors (Lipinski definition) is 5. The number of hydrogen-bond donors (Lipinski definition) is 1. The summed E-state index contributed by atoms with van der Waals surface area (Å²) in [5, 5.41) is 3.07. The Hall–Kier alpha value is -3.12. The summed E-state index contributed by atoms with van der Waals surface area (Å²) in [7, 11) is 1.32. The second-order valence-corrected chi connectivity index (χ2v) is 7.42. The molecule has 0 saturated carbocycles. The monoisotopic (exact) mass is 392 g/mol. The standard InChI is InChI=1S/C23H24N2O4/c1-28-21(26)10-8-17-7-9-20-19(15-17)22(27)24-23(29-20)11-13-25(14-12-23)16-18-5-3-2-4-6-18/h2-10,15H,11-14,16H2,1H3,(H,24,27). The topological polar surface area (TPSA) is 67.9 Å². The fourth-order valence-electron chi connectivity index (χ4n) is 3.80. The van der Waals surface area contributed by atoms with E-state index in [-0.39, 0.29) is 5.91 Å². The number of carbonyl (C=O) groups excluding carboxylic acids is 2. The van der Waals surface area contributed by atoms with Gasteiger partial charge in [-0.25, -0.2) is 4.79 Å². The highest BCUT2D eigenvalue weighted by molar-refractivity contribution is 5.99. The molecule has 6 nitrogen and oxygen atoms in total. The molecule has 2 aromatic rings. The first-order chi connectivity index (χ1) is 14.1. The van der Waals surface area contributed by atoms with Gasteiger partial charge < -0.3 is 14.8 Å². The van der Waals surface area contributed by atoms with Crippen LogP contribution in [0.15, 0.2) is 54.6 Å². The fraction of sp³-hybridized carbons (Fsp3) is 0.304. The average Bonchev–Trinajstić information content (AvgIpc) is 2.75. The van der Waals surface area contributed by atoms with E-state index in [1.807, 2.05) is 12.1 Å². The van der Waals surface area contributed by atoms with Crippen molar-refractivity contribution in [2.24, 2.45) is 0 Å². The maximum absolute atomic E-state index is 12.8. The van der Waals surface area contributed by atoms with Crippen LogP contribution in [0.4, 0.5) is 0 Å². The quantitative estimate of drug-likeness (QED) is 0.640. The summed E-state index contributed by atoms with van der Waals surface area (Å²) in [6, 6.07) is 15.7. The maximum Gasteiger partial charge on any atom is 0.330 e. The van der Waals surface area contributed by atoms with Crippen LogP contribution in [-0.4, -0.2) is 42.7 Å². The number of nitrogens with zero attached hydrogens (tertiary/aromatic N) is 1. The summed E-state index contributed by atoms with van der Waals surface area (Å²) in [4.78, 5) is 26.4. The molecular weight excluding hydrogens is 368 g/mol. The van der Waals surface area contributed by atoms with Crippen LogP contribution in [0.1, 0.15) is 34.3 Å². The molecule has 0 aromatic heterocycles. The number of likely N-dealkylation sites (tertiary alicyclic amines) is 1. The Morgan fingerprint density at radius 2 is 1.97 bits per heavy atom. The number of benzene rings is 2. The van der Waals surface area contributed by atoms with Crippen LogP contribution in [0.5, 0.6) is 5.75 Å². The number of piperidine rings is 1. The lowest BCUT2D eigenvalue weighted by Gasteiger charge is -2.44. The lowest BCUT2D eigenvalue weighted by molar-refractivity contribution is -0.134. The van der Waals surface area contributed by atoms with E-state index in [9.17, 15) is 9.59 Å². The zero-order valence-corrected chi connectivity index (χ0v) is 16.4. The summed E-state index contributed by atoms with van der Waals surface area (Å²) in [5.41, 5.74) is 1.85. The lowest BCUT2D eigenvalue weighted by Crippen LogP contribution is -2.60. The predicted molar refractivity (Wildman–Crippen MR) is 109 cm³/mol. The van der Waals surface area contributed by atoms with Crippen molar-refractivity contribution in [2.75, 3.05) is 20.2 Å². The van der Waals surface area contributed by atoms with E-state index in [0.717, 1.165) is 38.0 Å². The Morgan fingerprint density at radius 1 is 1.21 bits per heavy atom. The van der Waals surface area contributed by atoms with Gasteiger partial charge in [-0.15, -0.1) is 0 Å². The van der Waals surface area contributed by atoms with Crippen LogP contribution >= 0.6 is 0 Å². The number of fused-ring (bicyclic) bond motifs is 1. The van der Waals surface area contributed by atoms with Crippen LogP contribution < -0.4 is 10.1 Å². The zero-order chi connectivity index (χ0) is 20.3. The van der Waals surface area contributed by atoms with E-state index in [1.165, 1.54) is 18.7 Å². The highest BCUT2D eigenvalue weighted by Gasteiger charge is 2.42. The van der Waals surface area contributed by atoms with Crippen molar-refractivity contribution in [2.45, 2.75) is 25.1 Å². The van der Waals surface area contributed by atoms with E-state index < -0.39 is 11.7 Å². The van der Waals surface area contributed by atoms with Gasteiger partial charge in [0.05, 0.1) is 12.7 Å². The molecule has 2 aromatic carbocycles. The Labute approximate surface area is 170 Å². The minimum atomic E-state index is -0.652. The van der Waals surface area contributed by atoms with E-state index >= 15 is 0 Å². The first kappa shape index (κ1) is 19.2. The smallest absolute Gasteiger partial charge is 0.330 e. The molecule has 0 bridgehead atoms. The zero-order valence-electron chi connectivity index (χ0n) is 16.4. The van der Waals surface area contributed by atoms with Gasteiger partial charge in [0.2, 0.25) is 0 Å². The number of rotatable bonds is 4. The van der Waals surface area contributed by atoms with Gasteiger partial charge in [-0.2, -0.15) is 0 Å². The van der Waals surface area contributed by atoms with Gasteiger partial charge in [0.1, 0.15) is 5.75 Å². The molecule has 29 heavy (non-hydrogen) atoms. The van der Waals surface area contributed by atoms with E-state index in [4.69, 9.17) is 4.74 Å². The highest BCUT2D eigenvalue weighted by Crippen LogP contribution is 2.34. The van der Waals surface area contributed by atoms with Crippen LogP contribution in [0.2, 0.25) is 0 Å². The number of methoxy groups -OCH3 is 1. The van der Waals surface area contributed by atoms with Gasteiger partial charge in [-0.3, -0.25) is 9.69 Å². The minimum Gasteiger partial charge on any atom is -0.467 e. The molecule has 4 rings (SSSR count). The molecule has 1 amide bonds. The number of carbonyl (C=O) groups is 2. The van der Waals surface area contributed by atoms with Gasteiger partial charge in [0.15, 0.2) is 5.72 Å². The molecule has 2 heterocycles. The van der Waals surface area contributed by atoms with Gasteiger partial charge in [-0.1, -0.05) is 36.4 Å². The third kappa shape index (κ3) is 4.32. The molecule has 1 saturated heterocycles. The first-order valence-corrected chi connectivity index (χ1v) is 9.75. The molecule has 6 heteroatoms. The average molecular weight is 392 g/mol. The van der Waals surface area contributed by atoms with Crippen molar-refractivity contribution in [1.29, 1.82) is 0 Å². The van der Waals surface area contributed by atoms with Crippen LogP contribution in [0.3, 0.4) is 0 Å². The van der Waals surface area contributed by atoms with Crippen molar-refractivity contribution < 1.29 is 19.1 Å². The minimum absolute atomic E-state index is 0.143. The van der Waals surface area contributed by atoms with Gasteiger partial charge >= 0.3 is 5.97 Å². The van der Waals surface area contributed by atoms with Crippen LogP contribution in [-0.2, 0) is 16.1 Å². The molecule has 0 unspecified atom stereocenters. The summed E-state index contributed by atoms with van der Waals surface area (Å²) >= 11 is 0. The molecule has 2 aliphatic rings. The molecule has 0 radical (unpaired) electrons. The largest absolute Gasteiger partial charge is 0.467 e. The summed E-state index contributed by atoms with van der Waals surface area (Å²) in [6.07, 6.45) is 4.41. The predicted octanol–water partition coefficient (Wildman–Crippen LogP) is 2.99. The van der Waals surface area contributed by atoms with Crippen molar-refractivity contribution in [1.82, 2.24) is 10.2 Å². The number of nitrogens with one attached hydrogen (secondary N) is 1. The Kier molecular flexibility index (Phi) is 5.36. The summed E-state index contributed by atoms with van der Waals surface area (Å²) in [5.74, 6) is 0.00110. The Morgan fingerprint density at radius 3 is 2.69 bits per heavy atom. The van der Waals surface area contributed by atoms with E-state index in [0.29, 0.717) is 11.3 Å². The first-order valence-electron chi connectivity index (χ1n) is 9.75. The number of esters is 1. The lowest BCUT2D eigenvalue weighted by atomic mass is 9.96. The van der Waals surface area contributed by atoms with Crippen molar-refractivity contribution in [3.05, 3.63) is 71.3 Å². The van der Waals surface area contributed by atoms with Crippen molar-refractivity contribution >= 4 is 18.0 Å². The molecule has 2 aliphatic heterocycles. The van der Waals surface area contributed by atoms with Gasteiger partial charge in [0.25, 0.3) is 5.91 Å². The Balaban J connectivity index is 1.43. The Bertz CT molecular complexity index is 931. The summed E-state index contributed by atoms with van der Waals surface area (Å²) in [6.45, 7) is 2.60. The maximum atomic E-state index is 12.8. The molecule has 1 spiro atoms. The third-order valence-electron chi connectivity index (χ3n) is 5.42. The second-order valence-electron chi connectivity index (χ2n) is 7.42. The fourth-order valence-corrected chi connectivity index (χ4v) is 3.80. The second kappa shape index (κ2) is 8.09. The SMILES string of the molecule is COC(=O)C=Cc1ccc2c(c1)C(=O)NC1(CCN(Cc3ccccc3)CC1)O2. The van der Waals surface area contributed by atoms with Crippen LogP contribution in [0, 0.1) is 0 Å². The molecule has 0 aliphatic carbocycles. The van der Waals surface area contributed by atoms with Crippen molar-refractivity contribution in [3.8, 4) is 5.75 Å². The molecule has 1 fully saturated rings. The normalized spacial score (nSPS) is 18.2. The highest BCUT2D eigenvalue weighted by atomic mass is 16.5. The third-order valence-corrected chi connectivity index (χ3v) is 5.42. The molecular formula is C23H24N2O4. The van der Waals surface area contributed by atoms with Gasteiger partial charge in [0, 0.05) is 38.6 Å². The van der Waals surface area contributed by atoms with E-state index in [1.54, 1.807) is 18.2 Å². The number of ether oxygens (including phenoxy) is 2. The van der Waals surface area contributed by atoms with Gasteiger partial charge in [-0.05, 0) is 29.3 Å².